The molecule has 0 atom stereocenters. The van der Waals surface area contributed by atoms with Crippen LogP contribution in [-0.4, -0.2) is 6.04 Å². The predicted molar refractivity (Wildman–Crippen MR) is 79.5 cm³/mol. The highest BCUT2D eigenvalue weighted by molar-refractivity contribution is 5.86. The molecule has 2 aromatic rings. The minimum atomic E-state index is 0.492. The van der Waals surface area contributed by atoms with Gasteiger partial charge in [-0.2, -0.15) is 0 Å². The van der Waals surface area contributed by atoms with Gasteiger partial charge < -0.3 is 9.73 Å². The van der Waals surface area contributed by atoms with Gasteiger partial charge in [-0.05, 0) is 30.7 Å². The molecule has 1 aliphatic rings. The van der Waals surface area contributed by atoms with Gasteiger partial charge in [0.15, 0.2) is 0 Å². The SMILES string of the molecule is CCc1cccc2c(C3CC3)c(CNC(C)C)oc12. The molecule has 2 heteroatoms. The smallest absolute Gasteiger partial charge is 0.137 e. The van der Waals surface area contributed by atoms with E-state index in [0.717, 1.165) is 30.2 Å². The van der Waals surface area contributed by atoms with E-state index in [4.69, 9.17) is 4.42 Å². The second kappa shape index (κ2) is 5.01. The Morgan fingerprint density at radius 1 is 1.32 bits per heavy atom. The summed E-state index contributed by atoms with van der Waals surface area (Å²) in [6.07, 6.45) is 3.67. The molecule has 0 aliphatic heterocycles. The Labute approximate surface area is 115 Å². The standard InChI is InChI=1S/C17H23NO/c1-4-12-6-5-7-14-16(13-8-9-13)15(19-17(12)14)10-18-11(2)3/h5-7,11,13,18H,4,8-10H2,1-3H3. The van der Waals surface area contributed by atoms with Gasteiger partial charge in [0.2, 0.25) is 0 Å². The fourth-order valence-corrected chi connectivity index (χ4v) is 2.77. The number of hydrogen-bond donors (Lipinski definition) is 1. The van der Waals surface area contributed by atoms with Crippen LogP contribution in [0.5, 0.6) is 0 Å². The van der Waals surface area contributed by atoms with Gasteiger partial charge in [0.05, 0.1) is 6.54 Å². The summed E-state index contributed by atoms with van der Waals surface area (Å²) in [5, 5.41) is 4.84. The Balaban J connectivity index is 2.06. The third-order valence-corrected chi connectivity index (χ3v) is 3.95. The molecule has 19 heavy (non-hydrogen) atoms. The number of rotatable bonds is 5. The van der Waals surface area contributed by atoms with Crippen molar-refractivity contribution in [1.29, 1.82) is 0 Å². The molecule has 102 valence electrons. The maximum Gasteiger partial charge on any atom is 0.137 e. The van der Waals surface area contributed by atoms with Crippen LogP contribution in [0.15, 0.2) is 22.6 Å². The van der Waals surface area contributed by atoms with E-state index in [-0.39, 0.29) is 0 Å². The molecule has 3 rings (SSSR count). The first kappa shape index (κ1) is 12.7. The molecule has 0 saturated heterocycles. The maximum absolute atomic E-state index is 6.21. The zero-order valence-corrected chi connectivity index (χ0v) is 12.1. The zero-order valence-electron chi connectivity index (χ0n) is 12.1. The molecule has 1 aliphatic carbocycles. The van der Waals surface area contributed by atoms with Crippen LogP contribution in [0.1, 0.15) is 56.4 Å². The molecule has 1 heterocycles. The molecule has 2 nitrogen and oxygen atoms in total. The Bertz CT molecular complexity index is 578. The minimum absolute atomic E-state index is 0.492. The molecule has 0 amide bonds. The normalized spacial score (nSPS) is 15.6. The van der Waals surface area contributed by atoms with E-state index < -0.39 is 0 Å². The van der Waals surface area contributed by atoms with Gasteiger partial charge in [0.25, 0.3) is 0 Å². The first-order chi connectivity index (χ1) is 9.20. The van der Waals surface area contributed by atoms with Crippen LogP contribution in [0.3, 0.4) is 0 Å². The van der Waals surface area contributed by atoms with Gasteiger partial charge in [-0.25, -0.2) is 0 Å². The fourth-order valence-electron chi connectivity index (χ4n) is 2.77. The number of aryl methyl sites for hydroxylation is 1. The molecule has 0 spiro atoms. The van der Waals surface area contributed by atoms with Gasteiger partial charge in [-0.1, -0.05) is 39.0 Å². The average Bonchev–Trinajstić information content (AvgIpc) is 3.16. The highest BCUT2D eigenvalue weighted by Gasteiger charge is 2.31. The Morgan fingerprint density at radius 3 is 2.74 bits per heavy atom. The minimum Gasteiger partial charge on any atom is -0.459 e. The van der Waals surface area contributed by atoms with Crippen LogP contribution < -0.4 is 5.32 Å². The first-order valence-corrected chi connectivity index (χ1v) is 7.47. The molecule has 1 fully saturated rings. The summed E-state index contributed by atoms with van der Waals surface area (Å²) in [5.41, 5.74) is 3.92. The summed E-state index contributed by atoms with van der Waals surface area (Å²) in [5.74, 6) is 1.89. The van der Waals surface area contributed by atoms with Gasteiger partial charge in [0.1, 0.15) is 11.3 Å². The number of furan rings is 1. The summed E-state index contributed by atoms with van der Waals surface area (Å²) >= 11 is 0. The van der Waals surface area contributed by atoms with E-state index in [1.54, 1.807) is 0 Å². The lowest BCUT2D eigenvalue weighted by Crippen LogP contribution is -2.22. The topological polar surface area (TPSA) is 25.2 Å². The number of benzene rings is 1. The molecular weight excluding hydrogens is 234 g/mol. The second-order valence-corrected chi connectivity index (χ2v) is 5.90. The van der Waals surface area contributed by atoms with Crippen molar-refractivity contribution in [2.75, 3.05) is 0 Å². The van der Waals surface area contributed by atoms with E-state index in [1.165, 1.54) is 29.4 Å². The molecule has 0 bridgehead atoms. The third-order valence-electron chi connectivity index (χ3n) is 3.95. The van der Waals surface area contributed by atoms with E-state index in [1.807, 2.05) is 0 Å². The summed E-state index contributed by atoms with van der Waals surface area (Å²) in [6, 6.07) is 7.07. The molecule has 1 aromatic carbocycles. The lowest BCUT2D eigenvalue weighted by Gasteiger charge is -2.07. The van der Waals surface area contributed by atoms with Crippen molar-refractivity contribution in [2.24, 2.45) is 0 Å². The number of hydrogen-bond acceptors (Lipinski definition) is 2. The molecule has 1 aromatic heterocycles. The lowest BCUT2D eigenvalue weighted by atomic mass is 10.0. The monoisotopic (exact) mass is 257 g/mol. The summed E-state index contributed by atoms with van der Waals surface area (Å²) in [7, 11) is 0. The molecule has 1 saturated carbocycles. The van der Waals surface area contributed by atoms with Crippen molar-refractivity contribution in [3.05, 3.63) is 35.1 Å². The van der Waals surface area contributed by atoms with Crippen molar-refractivity contribution >= 4 is 11.0 Å². The van der Waals surface area contributed by atoms with Crippen LogP contribution in [0, 0.1) is 0 Å². The number of fused-ring (bicyclic) bond motifs is 1. The largest absolute Gasteiger partial charge is 0.459 e. The van der Waals surface area contributed by atoms with Gasteiger partial charge in [-0.15, -0.1) is 0 Å². The fraction of sp³-hybridized carbons (Fsp3) is 0.529. The number of para-hydroxylation sites is 1. The van der Waals surface area contributed by atoms with Crippen molar-refractivity contribution in [3.8, 4) is 0 Å². The molecule has 0 radical (unpaired) electrons. The Morgan fingerprint density at radius 2 is 2.11 bits per heavy atom. The van der Waals surface area contributed by atoms with Crippen molar-refractivity contribution in [1.82, 2.24) is 5.32 Å². The first-order valence-electron chi connectivity index (χ1n) is 7.47. The van der Waals surface area contributed by atoms with Crippen LogP contribution in [0.25, 0.3) is 11.0 Å². The zero-order chi connectivity index (χ0) is 13.4. The van der Waals surface area contributed by atoms with Gasteiger partial charge in [-0.3, -0.25) is 0 Å². The quantitative estimate of drug-likeness (QED) is 0.860. The Hall–Kier alpha value is -1.28. The van der Waals surface area contributed by atoms with Gasteiger partial charge >= 0.3 is 0 Å². The third kappa shape index (κ3) is 2.42. The van der Waals surface area contributed by atoms with Gasteiger partial charge in [0, 0.05) is 17.0 Å². The Kier molecular flexibility index (Phi) is 3.36. The van der Waals surface area contributed by atoms with Crippen LogP contribution >= 0.6 is 0 Å². The molecule has 1 N–H and O–H groups in total. The van der Waals surface area contributed by atoms with E-state index in [9.17, 15) is 0 Å². The van der Waals surface area contributed by atoms with E-state index in [0.29, 0.717) is 6.04 Å². The maximum atomic E-state index is 6.21. The van der Waals surface area contributed by atoms with Crippen molar-refractivity contribution in [2.45, 2.75) is 58.5 Å². The summed E-state index contributed by atoms with van der Waals surface area (Å²) in [6.45, 7) is 7.40. The summed E-state index contributed by atoms with van der Waals surface area (Å²) < 4.78 is 6.21. The van der Waals surface area contributed by atoms with Crippen LogP contribution in [0.2, 0.25) is 0 Å². The predicted octanol–water partition coefficient (Wildman–Crippen LogP) is 4.37. The summed E-state index contributed by atoms with van der Waals surface area (Å²) in [4.78, 5) is 0. The van der Waals surface area contributed by atoms with Crippen molar-refractivity contribution in [3.63, 3.8) is 0 Å². The van der Waals surface area contributed by atoms with E-state index in [2.05, 4.69) is 44.3 Å². The molecular formula is C17H23NO. The average molecular weight is 257 g/mol. The number of nitrogens with one attached hydrogen (secondary N) is 1. The second-order valence-electron chi connectivity index (χ2n) is 5.90. The van der Waals surface area contributed by atoms with Crippen LogP contribution in [-0.2, 0) is 13.0 Å². The van der Waals surface area contributed by atoms with Crippen LogP contribution in [0.4, 0.5) is 0 Å². The highest BCUT2D eigenvalue weighted by Crippen LogP contribution is 2.46. The highest BCUT2D eigenvalue weighted by atomic mass is 16.3. The van der Waals surface area contributed by atoms with E-state index >= 15 is 0 Å². The lowest BCUT2D eigenvalue weighted by molar-refractivity contribution is 0.482. The molecule has 0 unspecified atom stereocenters. The van der Waals surface area contributed by atoms with Crippen molar-refractivity contribution < 1.29 is 4.42 Å².